The molecule has 124 valence electrons. The fraction of sp³-hybridized carbons (Fsp3) is 0.105. The molecule has 0 bridgehead atoms. The van der Waals surface area contributed by atoms with Crippen LogP contribution in [-0.2, 0) is 6.54 Å². The van der Waals surface area contributed by atoms with Crippen LogP contribution in [0.2, 0.25) is 0 Å². The van der Waals surface area contributed by atoms with Gasteiger partial charge in [-0.05, 0) is 42.0 Å². The molecule has 0 unspecified atom stereocenters. The van der Waals surface area contributed by atoms with E-state index in [9.17, 15) is 0 Å². The van der Waals surface area contributed by atoms with Gasteiger partial charge in [-0.2, -0.15) is 4.52 Å². The van der Waals surface area contributed by atoms with E-state index < -0.39 is 0 Å². The highest BCUT2D eigenvalue weighted by atomic mass is 16.5. The highest BCUT2D eigenvalue weighted by molar-refractivity contribution is 5.60. The number of fused-ring (bicyclic) bond motifs is 1. The molecule has 0 aliphatic rings. The van der Waals surface area contributed by atoms with Crippen LogP contribution in [0, 0.1) is 0 Å². The van der Waals surface area contributed by atoms with Crippen molar-refractivity contribution in [3.63, 3.8) is 0 Å². The molecule has 0 aliphatic heterocycles. The number of hydrogen-bond acceptors (Lipinski definition) is 5. The molecule has 6 nitrogen and oxygen atoms in total. The zero-order valence-corrected chi connectivity index (χ0v) is 13.8. The number of anilines is 1. The SMILES string of the molecule is COc1ccc(-c2nnc3ccc(NCc4ccccc4)nn23)cc1. The minimum absolute atomic E-state index is 0.695. The van der Waals surface area contributed by atoms with E-state index in [0.717, 1.165) is 17.1 Å². The maximum absolute atomic E-state index is 5.20. The lowest BCUT2D eigenvalue weighted by Gasteiger charge is -2.07. The smallest absolute Gasteiger partial charge is 0.185 e. The average molecular weight is 331 g/mol. The zero-order chi connectivity index (χ0) is 17.1. The third-order valence-electron chi connectivity index (χ3n) is 3.93. The molecule has 0 saturated heterocycles. The first-order valence-corrected chi connectivity index (χ1v) is 7.98. The van der Waals surface area contributed by atoms with Gasteiger partial charge < -0.3 is 10.1 Å². The summed E-state index contributed by atoms with van der Waals surface area (Å²) in [5.74, 6) is 2.27. The maximum Gasteiger partial charge on any atom is 0.185 e. The summed E-state index contributed by atoms with van der Waals surface area (Å²) in [6.07, 6.45) is 0. The third kappa shape index (κ3) is 3.14. The monoisotopic (exact) mass is 331 g/mol. The largest absolute Gasteiger partial charge is 0.497 e. The predicted molar refractivity (Wildman–Crippen MR) is 96.5 cm³/mol. The molecule has 2 aromatic heterocycles. The molecular weight excluding hydrogens is 314 g/mol. The van der Waals surface area contributed by atoms with Gasteiger partial charge in [0.2, 0.25) is 0 Å². The number of rotatable bonds is 5. The summed E-state index contributed by atoms with van der Waals surface area (Å²) >= 11 is 0. The molecule has 0 radical (unpaired) electrons. The highest BCUT2D eigenvalue weighted by Crippen LogP contribution is 2.21. The summed E-state index contributed by atoms with van der Waals surface area (Å²) in [4.78, 5) is 0. The van der Waals surface area contributed by atoms with Crippen LogP contribution in [0.5, 0.6) is 5.75 Å². The Kier molecular flexibility index (Phi) is 4.00. The molecule has 1 N–H and O–H groups in total. The summed E-state index contributed by atoms with van der Waals surface area (Å²) in [7, 11) is 1.65. The van der Waals surface area contributed by atoms with Crippen LogP contribution in [-0.4, -0.2) is 26.9 Å². The van der Waals surface area contributed by atoms with Crippen LogP contribution in [0.1, 0.15) is 5.56 Å². The van der Waals surface area contributed by atoms with Crippen molar-refractivity contribution in [2.24, 2.45) is 0 Å². The standard InChI is InChI=1S/C19H17N5O/c1-25-16-9-7-15(8-10-16)19-22-21-18-12-11-17(23-24(18)19)20-13-14-5-3-2-4-6-14/h2-12H,13H2,1H3,(H,20,23). The Morgan fingerprint density at radius 1 is 0.920 bits per heavy atom. The molecule has 25 heavy (non-hydrogen) atoms. The van der Waals surface area contributed by atoms with Crippen molar-refractivity contribution in [1.29, 1.82) is 0 Å². The summed E-state index contributed by atoms with van der Waals surface area (Å²) < 4.78 is 6.94. The minimum atomic E-state index is 0.695. The fourth-order valence-corrected chi connectivity index (χ4v) is 2.59. The summed E-state index contributed by atoms with van der Waals surface area (Å²) in [5.41, 5.74) is 2.83. The summed E-state index contributed by atoms with van der Waals surface area (Å²) in [6, 6.07) is 21.7. The van der Waals surface area contributed by atoms with Gasteiger partial charge in [0.05, 0.1) is 7.11 Å². The third-order valence-corrected chi connectivity index (χ3v) is 3.93. The van der Waals surface area contributed by atoms with Crippen LogP contribution < -0.4 is 10.1 Å². The Morgan fingerprint density at radius 3 is 2.48 bits per heavy atom. The molecular formula is C19H17N5O. The second kappa shape index (κ2) is 6.60. The van der Waals surface area contributed by atoms with Crippen LogP contribution in [0.25, 0.3) is 17.0 Å². The van der Waals surface area contributed by atoms with E-state index in [4.69, 9.17) is 4.74 Å². The molecule has 0 atom stereocenters. The van der Waals surface area contributed by atoms with Gasteiger partial charge in [-0.1, -0.05) is 30.3 Å². The van der Waals surface area contributed by atoms with Crippen LogP contribution in [0.15, 0.2) is 66.7 Å². The van der Waals surface area contributed by atoms with E-state index in [2.05, 4.69) is 32.7 Å². The molecule has 2 heterocycles. The second-order valence-electron chi connectivity index (χ2n) is 5.58. The van der Waals surface area contributed by atoms with Gasteiger partial charge in [0.1, 0.15) is 11.6 Å². The van der Waals surface area contributed by atoms with Crippen molar-refractivity contribution in [2.45, 2.75) is 6.54 Å². The van der Waals surface area contributed by atoms with Gasteiger partial charge in [-0.15, -0.1) is 15.3 Å². The van der Waals surface area contributed by atoms with Crippen LogP contribution in [0.3, 0.4) is 0 Å². The van der Waals surface area contributed by atoms with E-state index in [1.165, 1.54) is 5.56 Å². The lowest BCUT2D eigenvalue weighted by atomic mass is 10.2. The Balaban J connectivity index is 1.62. The van der Waals surface area contributed by atoms with Crippen LogP contribution in [0.4, 0.5) is 5.82 Å². The lowest BCUT2D eigenvalue weighted by molar-refractivity contribution is 0.415. The van der Waals surface area contributed by atoms with Gasteiger partial charge >= 0.3 is 0 Å². The zero-order valence-electron chi connectivity index (χ0n) is 13.8. The molecule has 4 rings (SSSR count). The molecule has 6 heteroatoms. The molecule has 0 aliphatic carbocycles. The van der Waals surface area contributed by atoms with Crippen molar-refractivity contribution in [3.05, 3.63) is 72.3 Å². The Morgan fingerprint density at radius 2 is 1.72 bits per heavy atom. The predicted octanol–water partition coefficient (Wildman–Crippen LogP) is 3.41. The Labute approximate surface area is 145 Å². The molecule has 0 spiro atoms. The van der Waals surface area contributed by atoms with Gasteiger partial charge in [-0.25, -0.2) is 0 Å². The quantitative estimate of drug-likeness (QED) is 0.607. The first-order chi connectivity index (χ1) is 12.3. The first-order valence-electron chi connectivity index (χ1n) is 7.98. The normalized spacial score (nSPS) is 10.8. The Bertz CT molecular complexity index is 980. The van der Waals surface area contributed by atoms with Crippen molar-refractivity contribution in [3.8, 4) is 17.1 Å². The number of nitrogens with one attached hydrogen (secondary N) is 1. The number of benzene rings is 2. The fourth-order valence-electron chi connectivity index (χ4n) is 2.59. The number of aromatic nitrogens is 4. The Hall–Kier alpha value is -3.41. The highest BCUT2D eigenvalue weighted by Gasteiger charge is 2.10. The summed E-state index contributed by atoms with van der Waals surface area (Å²) in [6.45, 7) is 0.708. The number of nitrogens with zero attached hydrogens (tertiary/aromatic N) is 4. The van der Waals surface area contributed by atoms with Gasteiger partial charge in [-0.3, -0.25) is 0 Å². The van der Waals surface area contributed by atoms with Gasteiger partial charge in [0, 0.05) is 12.1 Å². The van der Waals surface area contributed by atoms with Crippen molar-refractivity contribution < 1.29 is 4.74 Å². The van der Waals surface area contributed by atoms with E-state index in [1.54, 1.807) is 11.6 Å². The first kappa shape index (κ1) is 15.1. The topological polar surface area (TPSA) is 64.3 Å². The average Bonchev–Trinajstić information content (AvgIpc) is 3.10. The van der Waals surface area contributed by atoms with Crippen molar-refractivity contribution >= 4 is 11.5 Å². The van der Waals surface area contributed by atoms with Gasteiger partial charge in [0.25, 0.3) is 0 Å². The molecule has 2 aromatic carbocycles. The van der Waals surface area contributed by atoms with Crippen molar-refractivity contribution in [2.75, 3.05) is 12.4 Å². The molecule has 0 fully saturated rings. The minimum Gasteiger partial charge on any atom is -0.497 e. The van der Waals surface area contributed by atoms with E-state index >= 15 is 0 Å². The number of ether oxygens (including phenoxy) is 1. The van der Waals surface area contributed by atoms with E-state index in [1.807, 2.05) is 54.6 Å². The van der Waals surface area contributed by atoms with Crippen molar-refractivity contribution in [1.82, 2.24) is 19.8 Å². The maximum atomic E-state index is 5.20. The lowest BCUT2D eigenvalue weighted by Crippen LogP contribution is -2.04. The number of methoxy groups -OCH3 is 1. The molecule has 0 saturated carbocycles. The number of hydrogen-bond donors (Lipinski definition) is 1. The molecule has 0 amide bonds. The summed E-state index contributed by atoms with van der Waals surface area (Å²) in [5, 5.41) is 16.4. The van der Waals surface area contributed by atoms with E-state index in [-0.39, 0.29) is 0 Å². The van der Waals surface area contributed by atoms with Gasteiger partial charge in [0.15, 0.2) is 11.5 Å². The molecule has 4 aromatic rings. The van der Waals surface area contributed by atoms with Crippen LogP contribution >= 0.6 is 0 Å². The second-order valence-corrected chi connectivity index (χ2v) is 5.58. The van der Waals surface area contributed by atoms with E-state index in [0.29, 0.717) is 18.0 Å².